The number of hydrogen-bond acceptors (Lipinski definition) is 4. The zero-order chi connectivity index (χ0) is 19.1. The number of oxazole rings is 1. The minimum absolute atomic E-state index is 0.230. The zero-order valence-electron chi connectivity index (χ0n) is 14.3. The molecule has 8 heteroatoms. The van der Waals surface area contributed by atoms with Crippen LogP contribution in [0, 0.1) is 24.5 Å². The number of anilines is 2. The Labute approximate surface area is 152 Å². The van der Waals surface area contributed by atoms with Crippen molar-refractivity contribution in [3.05, 3.63) is 53.9 Å². The van der Waals surface area contributed by atoms with E-state index < -0.39 is 29.4 Å². The van der Waals surface area contributed by atoms with E-state index in [0.29, 0.717) is 22.7 Å². The van der Waals surface area contributed by atoms with Gasteiger partial charge < -0.3 is 14.6 Å². The molecule has 0 spiro atoms. The number of aryl methyl sites for hydroxylation is 1. The second-order valence-electron chi connectivity index (χ2n) is 6.33. The molecule has 1 saturated heterocycles. The van der Waals surface area contributed by atoms with Crippen molar-refractivity contribution in [2.75, 3.05) is 16.8 Å². The molecule has 1 N–H and O–H groups in total. The van der Waals surface area contributed by atoms with Crippen LogP contribution in [-0.4, -0.2) is 23.3 Å². The van der Waals surface area contributed by atoms with Gasteiger partial charge in [0.05, 0.1) is 0 Å². The first-order valence-electron chi connectivity index (χ1n) is 8.37. The molecule has 2 heterocycles. The van der Waals surface area contributed by atoms with Gasteiger partial charge >= 0.3 is 0 Å². The lowest BCUT2D eigenvalue weighted by Gasteiger charge is -2.17. The maximum atomic E-state index is 13.4. The predicted molar refractivity (Wildman–Crippen MR) is 94.2 cm³/mol. The highest BCUT2D eigenvalue weighted by Crippen LogP contribution is 2.28. The van der Waals surface area contributed by atoms with Crippen LogP contribution >= 0.6 is 0 Å². The van der Waals surface area contributed by atoms with Gasteiger partial charge in [0, 0.05) is 30.9 Å². The van der Waals surface area contributed by atoms with Gasteiger partial charge in [-0.3, -0.25) is 9.59 Å². The van der Waals surface area contributed by atoms with E-state index in [4.69, 9.17) is 4.42 Å². The standard InChI is InChI=1S/C19H15F2N3O3/c1-10-22-16-8-11(2-5-17(16)27-10)23-18(25)13-6-7-24(19(13)26)12-3-4-14(20)15(21)9-12/h2-5,8-9,13H,6-7H2,1H3,(H,23,25). The molecule has 6 nitrogen and oxygen atoms in total. The molecule has 0 radical (unpaired) electrons. The Morgan fingerprint density at radius 3 is 2.81 bits per heavy atom. The van der Waals surface area contributed by atoms with Gasteiger partial charge in [0.1, 0.15) is 11.4 Å². The van der Waals surface area contributed by atoms with Crippen LogP contribution in [0.15, 0.2) is 40.8 Å². The lowest BCUT2D eigenvalue weighted by atomic mass is 10.1. The lowest BCUT2D eigenvalue weighted by Crippen LogP contribution is -2.33. The average molecular weight is 371 g/mol. The second-order valence-corrected chi connectivity index (χ2v) is 6.33. The Morgan fingerprint density at radius 1 is 1.22 bits per heavy atom. The summed E-state index contributed by atoms with van der Waals surface area (Å²) >= 11 is 0. The quantitative estimate of drug-likeness (QED) is 0.716. The van der Waals surface area contributed by atoms with Crippen LogP contribution in [0.3, 0.4) is 0 Å². The number of amides is 2. The molecule has 27 heavy (non-hydrogen) atoms. The summed E-state index contributed by atoms with van der Waals surface area (Å²) in [6.07, 6.45) is 0.287. The van der Waals surface area contributed by atoms with Crippen LogP contribution in [-0.2, 0) is 9.59 Å². The largest absolute Gasteiger partial charge is 0.441 e. The monoisotopic (exact) mass is 371 g/mol. The molecule has 0 aliphatic carbocycles. The summed E-state index contributed by atoms with van der Waals surface area (Å²) in [5.74, 6) is -3.31. The van der Waals surface area contributed by atoms with E-state index in [1.807, 2.05) is 0 Å². The summed E-state index contributed by atoms with van der Waals surface area (Å²) in [6, 6.07) is 8.24. The Balaban J connectivity index is 1.50. The smallest absolute Gasteiger partial charge is 0.239 e. The van der Waals surface area contributed by atoms with E-state index in [0.717, 1.165) is 12.1 Å². The van der Waals surface area contributed by atoms with Gasteiger partial charge in [-0.1, -0.05) is 0 Å². The fourth-order valence-corrected chi connectivity index (χ4v) is 3.18. The van der Waals surface area contributed by atoms with Gasteiger partial charge in [-0.25, -0.2) is 13.8 Å². The highest BCUT2D eigenvalue weighted by Gasteiger charge is 2.37. The molecule has 0 saturated carbocycles. The third-order valence-electron chi connectivity index (χ3n) is 4.50. The first-order chi connectivity index (χ1) is 12.9. The Kier molecular flexibility index (Phi) is 4.10. The van der Waals surface area contributed by atoms with Crippen LogP contribution in [0.2, 0.25) is 0 Å². The summed E-state index contributed by atoms with van der Waals surface area (Å²) in [7, 11) is 0. The molecule has 1 atom stereocenters. The van der Waals surface area contributed by atoms with Gasteiger partial charge in [0.25, 0.3) is 0 Å². The number of hydrogen-bond donors (Lipinski definition) is 1. The molecule has 138 valence electrons. The summed E-state index contributed by atoms with van der Waals surface area (Å²) in [4.78, 5) is 30.6. The number of rotatable bonds is 3. The van der Waals surface area contributed by atoms with Crippen molar-refractivity contribution in [2.45, 2.75) is 13.3 Å². The van der Waals surface area contributed by atoms with E-state index >= 15 is 0 Å². The Morgan fingerprint density at radius 2 is 2.04 bits per heavy atom. The zero-order valence-corrected chi connectivity index (χ0v) is 14.3. The molecule has 2 amide bonds. The van der Waals surface area contributed by atoms with Gasteiger partial charge in [0.15, 0.2) is 23.1 Å². The summed E-state index contributed by atoms with van der Waals surface area (Å²) < 4.78 is 31.9. The molecule has 2 aromatic carbocycles. The number of benzene rings is 2. The van der Waals surface area contributed by atoms with Gasteiger partial charge in [-0.05, 0) is 36.8 Å². The molecule has 1 unspecified atom stereocenters. The number of fused-ring (bicyclic) bond motifs is 1. The Bertz CT molecular complexity index is 1060. The maximum Gasteiger partial charge on any atom is 0.239 e. The van der Waals surface area contributed by atoms with E-state index in [1.54, 1.807) is 25.1 Å². The first-order valence-corrected chi connectivity index (χ1v) is 8.37. The van der Waals surface area contributed by atoms with Crippen LogP contribution < -0.4 is 10.2 Å². The molecule has 3 aromatic rings. The van der Waals surface area contributed by atoms with Crippen molar-refractivity contribution in [2.24, 2.45) is 5.92 Å². The normalized spacial score (nSPS) is 16.9. The summed E-state index contributed by atoms with van der Waals surface area (Å²) in [5.41, 5.74) is 1.94. The molecule has 4 rings (SSSR count). The first kappa shape index (κ1) is 17.1. The van der Waals surface area contributed by atoms with Crippen LogP contribution in [0.5, 0.6) is 0 Å². The van der Waals surface area contributed by atoms with Crippen molar-refractivity contribution in [3.8, 4) is 0 Å². The Hall–Kier alpha value is -3.29. The average Bonchev–Trinajstić information content (AvgIpc) is 3.18. The minimum atomic E-state index is -1.04. The van der Waals surface area contributed by atoms with Gasteiger partial charge in [-0.2, -0.15) is 0 Å². The predicted octanol–water partition coefficient (Wildman–Crippen LogP) is 3.41. The fourth-order valence-electron chi connectivity index (χ4n) is 3.18. The van der Waals surface area contributed by atoms with E-state index in [1.165, 1.54) is 11.0 Å². The number of nitrogens with one attached hydrogen (secondary N) is 1. The SMILES string of the molecule is Cc1nc2cc(NC(=O)C3CCN(c4ccc(F)c(F)c4)C3=O)ccc2o1. The van der Waals surface area contributed by atoms with Crippen molar-refractivity contribution >= 4 is 34.3 Å². The number of carbonyl (C=O) groups is 2. The van der Waals surface area contributed by atoms with Crippen LogP contribution in [0.25, 0.3) is 11.1 Å². The third-order valence-corrected chi connectivity index (χ3v) is 4.50. The van der Waals surface area contributed by atoms with Crippen LogP contribution in [0.4, 0.5) is 20.2 Å². The van der Waals surface area contributed by atoms with Crippen molar-refractivity contribution < 1.29 is 22.8 Å². The van der Waals surface area contributed by atoms with E-state index in [2.05, 4.69) is 10.3 Å². The molecule has 1 fully saturated rings. The highest BCUT2D eigenvalue weighted by molar-refractivity contribution is 6.13. The molecular weight excluding hydrogens is 356 g/mol. The highest BCUT2D eigenvalue weighted by atomic mass is 19.2. The van der Waals surface area contributed by atoms with Gasteiger partial charge in [0.2, 0.25) is 11.8 Å². The number of carbonyl (C=O) groups excluding carboxylic acids is 2. The number of halogens is 2. The minimum Gasteiger partial charge on any atom is -0.441 e. The van der Waals surface area contributed by atoms with E-state index in [9.17, 15) is 18.4 Å². The number of nitrogens with zero attached hydrogens (tertiary/aromatic N) is 2. The van der Waals surface area contributed by atoms with Crippen LogP contribution in [0.1, 0.15) is 12.3 Å². The van der Waals surface area contributed by atoms with Gasteiger partial charge in [-0.15, -0.1) is 0 Å². The van der Waals surface area contributed by atoms with Crippen molar-refractivity contribution in [3.63, 3.8) is 0 Å². The molecule has 1 aliphatic heterocycles. The second kappa shape index (κ2) is 6.46. The van der Waals surface area contributed by atoms with E-state index in [-0.39, 0.29) is 18.7 Å². The molecule has 1 aliphatic rings. The molecule has 1 aromatic heterocycles. The summed E-state index contributed by atoms with van der Waals surface area (Å²) in [5, 5.41) is 2.71. The summed E-state index contributed by atoms with van der Waals surface area (Å²) in [6.45, 7) is 1.98. The third kappa shape index (κ3) is 3.14. The molecular formula is C19H15F2N3O3. The van der Waals surface area contributed by atoms with Crippen molar-refractivity contribution in [1.82, 2.24) is 4.98 Å². The molecule has 0 bridgehead atoms. The number of aromatic nitrogens is 1. The maximum absolute atomic E-state index is 13.4. The topological polar surface area (TPSA) is 75.4 Å². The lowest BCUT2D eigenvalue weighted by molar-refractivity contribution is -0.129. The van der Waals surface area contributed by atoms with Crippen molar-refractivity contribution in [1.29, 1.82) is 0 Å². The fraction of sp³-hybridized carbons (Fsp3) is 0.211.